The van der Waals surface area contributed by atoms with E-state index in [1.165, 1.54) is 96.3 Å². The number of unbranched alkanes of at least 4 members (excludes halogenated alkanes) is 21. The third-order valence-corrected chi connectivity index (χ3v) is 9.65. The van der Waals surface area contributed by atoms with Crippen LogP contribution >= 0.6 is 0 Å². The molecule has 0 aromatic rings. The fourth-order valence-electron chi connectivity index (χ4n) is 6.30. The molecule has 1 aliphatic heterocycles. The second-order valence-corrected chi connectivity index (χ2v) is 14.4. The number of ether oxygens (including phenoxy) is 4. The van der Waals surface area contributed by atoms with Gasteiger partial charge in [0.05, 0.1) is 13.2 Å². The van der Waals surface area contributed by atoms with Crippen molar-refractivity contribution in [2.75, 3.05) is 19.8 Å². The van der Waals surface area contributed by atoms with E-state index in [0.717, 1.165) is 44.9 Å². The van der Waals surface area contributed by atoms with Crippen molar-refractivity contribution in [2.24, 2.45) is 0 Å². The first-order chi connectivity index (χ1) is 24.8. The molecule has 1 fully saturated rings. The molecule has 0 aromatic heterocycles. The Morgan fingerprint density at radius 3 is 1.55 bits per heavy atom. The van der Waals surface area contributed by atoms with E-state index in [1.807, 2.05) is 0 Å². The highest BCUT2D eigenvalue weighted by Crippen LogP contribution is 2.22. The van der Waals surface area contributed by atoms with Gasteiger partial charge in [-0.25, -0.2) is 0 Å². The Kier molecular flexibility index (Phi) is 30.7. The molecular weight excluding hydrogens is 652 g/mol. The third kappa shape index (κ3) is 25.2. The molecule has 10 heteroatoms. The van der Waals surface area contributed by atoms with Gasteiger partial charge in [-0.2, -0.15) is 0 Å². The van der Waals surface area contributed by atoms with E-state index in [0.29, 0.717) is 12.8 Å². The number of carbonyl (C=O) groups excluding carboxylic acids is 2. The molecule has 6 atom stereocenters. The lowest BCUT2D eigenvalue weighted by Gasteiger charge is -2.39. The van der Waals surface area contributed by atoms with Crippen LogP contribution in [0.15, 0.2) is 12.2 Å². The summed E-state index contributed by atoms with van der Waals surface area (Å²) in [6, 6.07) is 0. The summed E-state index contributed by atoms with van der Waals surface area (Å²) in [7, 11) is 0. The monoisotopic (exact) mass is 729 g/mol. The Morgan fingerprint density at radius 1 is 0.588 bits per heavy atom. The van der Waals surface area contributed by atoms with E-state index in [-0.39, 0.29) is 32.0 Å². The lowest BCUT2D eigenvalue weighted by atomic mass is 9.99. The second kappa shape index (κ2) is 33.0. The van der Waals surface area contributed by atoms with E-state index in [1.54, 1.807) is 0 Å². The highest BCUT2D eigenvalue weighted by molar-refractivity contribution is 5.70. The molecule has 10 nitrogen and oxygen atoms in total. The molecule has 0 amide bonds. The molecule has 300 valence electrons. The van der Waals surface area contributed by atoms with Crippen molar-refractivity contribution in [1.29, 1.82) is 0 Å². The van der Waals surface area contributed by atoms with E-state index in [2.05, 4.69) is 26.0 Å². The zero-order valence-electron chi connectivity index (χ0n) is 32.4. The van der Waals surface area contributed by atoms with Crippen molar-refractivity contribution >= 4 is 11.9 Å². The largest absolute Gasteiger partial charge is 0.462 e. The Bertz CT molecular complexity index is 850. The summed E-state index contributed by atoms with van der Waals surface area (Å²) in [5, 5.41) is 39.9. The molecule has 0 saturated carbocycles. The topological polar surface area (TPSA) is 152 Å². The van der Waals surface area contributed by atoms with Crippen LogP contribution in [0.2, 0.25) is 0 Å². The summed E-state index contributed by atoms with van der Waals surface area (Å²) in [6.07, 6.45) is 25.0. The number of rotatable bonds is 34. The smallest absolute Gasteiger partial charge is 0.306 e. The second-order valence-electron chi connectivity index (χ2n) is 14.4. The van der Waals surface area contributed by atoms with Gasteiger partial charge in [0.2, 0.25) is 0 Å². The van der Waals surface area contributed by atoms with Gasteiger partial charge in [-0.05, 0) is 38.5 Å². The molecule has 0 aliphatic carbocycles. The summed E-state index contributed by atoms with van der Waals surface area (Å²) in [5.41, 5.74) is 0. The minimum absolute atomic E-state index is 0.220. The summed E-state index contributed by atoms with van der Waals surface area (Å²) < 4.78 is 22.1. The molecular formula is C41H76O10. The van der Waals surface area contributed by atoms with Crippen molar-refractivity contribution in [3.63, 3.8) is 0 Å². The average molecular weight is 729 g/mol. The Morgan fingerprint density at radius 2 is 1.04 bits per heavy atom. The van der Waals surface area contributed by atoms with Crippen molar-refractivity contribution in [1.82, 2.24) is 0 Å². The molecule has 1 aliphatic rings. The van der Waals surface area contributed by atoms with Crippen LogP contribution in [0.25, 0.3) is 0 Å². The van der Waals surface area contributed by atoms with E-state index in [9.17, 15) is 30.0 Å². The highest BCUT2D eigenvalue weighted by Gasteiger charge is 2.44. The molecule has 2 unspecified atom stereocenters. The SMILES string of the molecule is CCCCCCCC/C=C/CCCCCC(=O)OC[C@@H](CO[C@H]1O[C@@H](CO)[C@@H](O)C(O)C1O)OC(=O)CCCCCCCCCCCCCCC. The van der Waals surface area contributed by atoms with Crippen LogP contribution < -0.4 is 0 Å². The third-order valence-electron chi connectivity index (χ3n) is 9.65. The Hall–Kier alpha value is -1.56. The first kappa shape index (κ1) is 47.5. The molecule has 0 radical (unpaired) electrons. The van der Waals surface area contributed by atoms with Crippen molar-refractivity contribution in [2.45, 2.75) is 218 Å². The quantitative estimate of drug-likeness (QED) is 0.0291. The molecule has 0 aromatic carbocycles. The van der Waals surface area contributed by atoms with Crippen LogP contribution in [0.3, 0.4) is 0 Å². The zero-order chi connectivity index (χ0) is 37.4. The van der Waals surface area contributed by atoms with Gasteiger partial charge >= 0.3 is 11.9 Å². The fraction of sp³-hybridized carbons (Fsp3) is 0.902. The number of esters is 2. The molecule has 0 spiro atoms. The van der Waals surface area contributed by atoms with Gasteiger partial charge in [-0.15, -0.1) is 0 Å². The van der Waals surface area contributed by atoms with Crippen LogP contribution in [0.1, 0.15) is 181 Å². The van der Waals surface area contributed by atoms with E-state index in [4.69, 9.17) is 18.9 Å². The summed E-state index contributed by atoms with van der Waals surface area (Å²) in [6.45, 7) is 3.39. The van der Waals surface area contributed by atoms with Gasteiger partial charge in [0.1, 0.15) is 31.0 Å². The predicted octanol–water partition coefficient (Wildman–Crippen LogP) is 8.00. The lowest BCUT2D eigenvalue weighted by Crippen LogP contribution is -2.59. The molecule has 4 N–H and O–H groups in total. The summed E-state index contributed by atoms with van der Waals surface area (Å²) in [4.78, 5) is 25.2. The summed E-state index contributed by atoms with van der Waals surface area (Å²) >= 11 is 0. The molecule has 0 bridgehead atoms. The van der Waals surface area contributed by atoms with Gasteiger partial charge in [-0.3, -0.25) is 9.59 Å². The standard InChI is InChI=1S/C41H76O10/c1-3-5-7-9-11-13-15-17-19-21-23-25-27-29-36(43)48-32-34(33-49-41-40(47)39(46)38(45)35(31-42)51-41)50-37(44)30-28-26-24-22-20-18-16-14-12-10-8-6-4-2/h17,19,34-35,38-42,45-47H,3-16,18,20-33H2,1-2H3/b19-17+/t34-,35-,38+,39?,40?,41-/m0/s1. The van der Waals surface area contributed by atoms with Gasteiger partial charge in [0, 0.05) is 12.8 Å². The minimum Gasteiger partial charge on any atom is -0.462 e. The predicted molar refractivity (Wildman–Crippen MR) is 201 cm³/mol. The number of hydrogen-bond donors (Lipinski definition) is 4. The first-order valence-electron chi connectivity index (χ1n) is 20.8. The number of aliphatic hydroxyl groups is 4. The van der Waals surface area contributed by atoms with Gasteiger partial charge in [0.25, 0.3) is 0 Å². The molecule has 1 saturated heterocycles. The van der Waals surface area contributed by atoms with Gasteiger partial charge < -0.3 is 39.4 Å². The highest BCUT2D eigenvalue weighted by atomic mass is 16.7. The van der Waals surface area contributed by atoms with Crippen LogP contribution in [-0.2, 0) is 28.5 Å². The summed E-state index contributed by atoms with van der Waals surface area (Å²) in [5.74, 6) is -0.819. The van der Waals surface area contributed by atoms with Crippen LogP contribution in [-0.4, -0.2) is 89.0 Å². The maximum atomic E-state index is 12.7. The van der Waals surface area contributed by atoms with E-state index >= 15 is 0 Å². The zero-order valence-corrected chi connectivity index (χ0v) is 32.4. The first-order valence-corrected chi connectivity index (χ1v) is 20.8. The number of carbonyl (C=O) groups is 2. The average Bonchev–Trinajstić information content (AvgIpc) is 3.13. The molecule has 51 heavy (non-hydrogen) atoms. The van der Waals surface area contributed by atoms with Crippen molar-refractivity contribution < 1.29 is 49.0 Å². The minimum atomic E-state index is -1.59. The maximum absolute atomic E-state index is 12.7. The normalized spacial score (nSPS) is 21.3. The Balaban J connectivity index is 2.38. The fourth-order valence-corrected chi connectivity index (χ4v) is 6.30. The van der Waals surface area contributed by atoms with Crippen LogP contribution in [0.4, 0.5) is 0 Å². The maximum Gasteiger partial charge on any atom is 0.306 e. The van der Waals surface area contributed by atoms with Crippen LogP contribution in [0.5, 0.6) is 0 Å². The molecule has 1 rings (SSSR count). The van der Waals surface area contributed by atoms with Crippen molar-refractivity contribution in [3.05, 3.63) is 12.2 Å². The number of allylic oxidation sites excluding steroid dienone is 2. The van der Waals surface area contributed by atoms with E-state index < -0.39 is 49.4 Å². The van der Waals surface area contributed by atoms with Gasteiger partial charge in [-0.1, -0.05) is 142 Å². The van der Waals surface area contributed by atoms with Gasteiger partial charge in [0.15, 0.2) is 12.4 Å². The number of hydrogen-bond acceptors (Lipinski definition) is 10. The Labute approximate surface area is 310 Å². The molecule has 1 heterocycles. The lowest BCUT2D eigenvalue weighted by molar-refractivity contribution is -0.305. The van der Waals surface area contributed by atoms with Crippen LogP contribution in [0, 0.1) is 0 Å². The number of aliphatic hydroxyl groups excluding tert-OH is 4. The van der Waals surface area contributed by atoms with Crippen molar-refractivity contribution in [3.8, 4) is 0 Å².